The van der Waals surface area contributed by atoms with Crippen LogP contribution < -0.4 is 10.5 Å². The van der Waals surface area contributed by atoms with E-state index in [1.165, 1.54) is 11.1 Å². The largest absolute Gasteiger partial charge is 0.496 e. The molecule has 1 aromatic carbocycles. The molecular weight excluding hydrogens is 198 g/mol. The average molecular weight is 221 g/mol. The molecule has 0 amide bonds. The minimum absolute atomic E-state index is 0.0123. The molecule has 2 N–H and O–H groups in total. The molecule has 0 saturated heterocycles. The van der Waals surface area contributed by atoms with Crippen LogP contribution in [0.5, 0.6) is 5.75 Å². The maximum atomic E-state index is 6.29. The highest BCUT2D eigenvalue weighted by Gasteiger charge is 2.25. The van der Waals surface area contributed by atoms with Crippen molar-refractivity contribution in [2.24, 2.45) is 11.1 Å². The van der Waals surface area contributed by atoms with Crippen LogP contribution in [0, 0.1) is 19.3 Å². The molecule has 0 aliphatic carbocycles. The van der Waals surface area contributed by atoms with Crippen molar-refractivity contribution in [1.82, 2.24) is 0 Å². The molecule has 1 rings (SSSR count). The lowest BCUT2D eigenvalue weighted by molar-refractivity contribution is 0.313. The van der Waals surface area contributed by atoms with Crippen LogP contribution in [0.1, 0.15) is 43.5 Å². The fourth-order valence-electron chi connectivity index (χ4n) is 1.79. The zero-order valence-corrected chi connectivity index (χ0v) is 11.2. The van der Waals surface area contributed by atoms with E-state index in [1.54, 1.807) is 7.11 Å². The Hall–Kier alpha value is -1.02. The van der Waals surface area contributed by atoms with Gasteiger partial charge in [0.1, 0.15) is 5.75 Å². The fraction of sp³-hybridized carbons (Fsp3) is 0.571. The van der Waals surface area contributed by atoms with Crippen molar-refractivity contribution in [3.05, 3.63) is 28.8 Å². The zero-order valence-electron chi connectivity index (χ0n) is 11.2. The first-order valence-electron chi connectivity index (χ1n) is 5.68. The molecule has 0 aromatic heterocycles. The van der Waals surface area contributed by atoms with Gasteiger partial charge in [0.15, 0.2) is 0 Å². The molecular formula is C14H23NO. The highest BCUT2D eigenvalue weighted by Crippen LogP contribution is 2.37. The van der Waals surface area contributed by atoms with Crippen LogP contribution in [0.4, 0.5) is 0 Å². The van der Waals surface area contributed by atoms with Crippen LogP contribution in [-0.4, -0.2) is 7.11 Å². The zero-order chi connectivity index (χ0) is 12.5. The predicted octanol–water partition coefficient (Wildman–Crippen LogP) is 3.36. The quantitative estimate of drug-likeness (QED) is 0.831. The van der Waals surface area contributed by atoms with Gasteiger partial charge in [0.05, 0.1) is 7.11 Å². The molecule has 0 saturated carbocycles. The summed E-state index contributed by atoms with van der Waals surface area (Å²) in [4.78, 5) is 0. The van der Waals surface area contributed by atoms with Gasteiger partial charge in [-0.1, -0.05) is 32.9 Å². The van der Waals surface area contributed by atoms with Crippen molar-refractivity contribution in [2.45, 2.75) is 40.7 Å². The van der Waals surface area contributed by atoms with E-state index >= 15 is 0 Å². The van der Waals surface area contributed by atoms with Crippen LogP contribution in [0.25, 0.3) is 0 Å². The minimum atomic E-state index is -0.0123. The summed E-state index contributed by atoms with van der Waals surface area (Å²) in [5.74, 6) is 0.933. The monoisotopic (exact) mass is 221 g/mol. The Morgan fingerprint density at radius 3 is 2.19 bits per heavy atom. The highest BCUT2D eigenvalue weighted by molar-refractivity contribution is 5.47. The van der Waals surface area contributed by atoms with Crippen molar-refractivity contribution >= 4 is 0 Å². The SMILES string of the molecule is COc1c(C(N)C(C)(C)C)ccc(C)c1C. The number of rotatable bonds is 2. The van der Waals surface area contributed by atoms with Gasteiger partial charge >= 0.3 is 0 Å². The first-order chi connectivity index (χ1) is 7.29. The Kier molecular flexibility index (Phi) is 3.64. The molecule has 0 fully saturated rings. The van der Waals surface area contributed by atoms with Gasteiger partial charge in [-0.3, -0.25) is 0 Å². The first-order valence-corrected chi connectivity index (χ1v) is 5.68. The lowest BCUT2D eigenvalue weighted by Gasteiger charge is -2.29. The van der Waals surface area contributed by atoms with Crippen molar-refractivity contribution in [3.63, 3.8) is 0 Å². The smallest absolute Gasteiger partial charge is 0.126 e. The standard InChI is InChI=1S/C14H23NO/c1-9-7-8-11(12(16-6)10(9)2)13(15)14(3,4)5/h7-8,13H,15H2,1-6H3. The summed E-state index contributed by atoms with van der Waals surface area (Å²) < 4.78 is 5.49. The second-order valence-corrected chi connectivity index (χ2v) is 5.47. The van der Waals surface area contributed by atoms with Crippen molar-refractivity contribution in [3.8, 4) is 5.75 Å². The van der Waals surface area contributed by atoms with Gasteiger partial charge in [-0.15, -0.1) is 0 Å². The van der Waals surface area contributed by atoms with Gasteiger partial charge in [-0.2, -0.15) is 0 Å². The van der Waals surface area contributed by atoms with E-state index in [4.69, 9.17) is 10.5 Å². The number of methoxy groups -OCH3 is 1. The third kappa shape index (κ3) is 2.38. The van der Waals surface area contributed by atoms with Gasteiger partial charge in [-0.05, 0) is 30.4 Å². The van der Waals surface area contributed by atoms with E-state index in [-0.39, 0.29) is 11.5 Å². The molecule has 1 unspecified atom stereocenters. The molecule has 0 heterocycles. The molecule has 2 heteroatoms. The minimum Gasteiger partial charge on any atom is -0.496 e. The lowest BCUT2D eigenvalue weighted by Crippen LogP contribution is -2.26. The number of nitrogens with two attached hydrogens (primary N) is 1. The highest BCUT2D eigenvalue weighted by atomic mass is 16.5. The van der Waals surface area contributed by atoms with Crippen LogP contribution >= 0.6 is 0 Å². The normalized spacial score (nSPS) is 13.7. The number of hydrogen-bond acceptors (Lipinski definition) is 2. The second-order valence-electron chi connectivity index (χ2n) is 5.47. The maximum Gasteiger partial charge on any atom is 0.126 e. The molecule has 0 aliphatic rings. The van der Waals surface area contributed by atoms with Gasteiger partial charge in [0, 0.05) is 11.6 Å². The van der Waals surface area contributed by atoms with Crippen LogP contribution in [0.2, 0.25) is 0 Å². The molecule has 16 heavy (non-hydrogen) atoms. The summed E-state index contributed by atoms with van der Waals surface area (Å²) in [7, 11) is 1.71. The number of aryl methyl sites for hydroxylation is 1. The van der Waals surface area contributed by atoms with Gasteiger partial charge in [0.2, 0.25) is 0 Å². The lowest BCUT2D eigenvalue weighted by atomic mass is 9.82. The summed E-state index contributed by atoms with van der Waals surface area (Å²) in [6.07, 6.45) is 0. The predicted molar refractivity (Wildman–Crippen MR) is 68.9 cm³/mol. The van der Waals surface area contributed by atoms with Crippen LogP contribution in [0.3, 0.4) is 0 Å². The Bertz CT molecular complexity index is 377. The van der Waals surface area contributed by atoms with Crippen LogP contribution in [-0.2, 0) is 0 Å². The van der Waals surface area contributed by atoms with Gasteiger partial charge < -0.3 is 10.5 Å². The van der Waals surface area contributed by atoms with E-state index in [9.17, 15) is 0 Å². The second kappa shape index (κ2) is 4.46. The Morgan fingerprint density at radius 2 is 1.75 bits per heavy atom. The van der Waals surface area contributed by atoms with Crippen molar-refractivity contribution < 1.29 is 4.74 Å². The summed E-state index contributed by atoms with van der Waals surface area (Å²) in [5, 5.41) is 0. The van der Waals surface area contributed by atoms with Gasteiger partial charge in [0.25, 0.3) is 0 Å². The molecule has 0 bridgehead atoms. The fourth-order valence-corrected chi connectivity index (χ4v) is 1.79. The summed E-state index contributed by atoms with van der Waals surface area (Å²) in [6, 6.07) is 4.18. The molecule has 1 atom stereocenters. The van der Waals surface area contributed by atoms with Crippen molar-refractivity contribution in [2.75, 3.05) is 7.11 Å². The van der Waals surface area contributed by atoms with Gasteiger partial charge in [-0.25, -0.2) is 0 Å². The van der Waals surface area contributed by atoms with E-state index in [2.05, 4.69) is 46.8 Å². The molecule has 1 aromatic rings. The van der Waals surface area contributed by atoms with E-state index in [1.807, 2.05) is 0 Å². The average Bonchev–Trinajstić information content (AvgIpc) is 2.19. The number of hydrogen-bond donors (Lipinski definition) is 1. The first kappa shape index (κ1) is 13.0. The molecule has 0 radical (unpaired) electrons. The summed E-state index contributed by atoms with van der Waals surface area (Å²) in [6.45, 7) is 10.6. The Labute approximate surface area is 98.8 Å². The third-order valence-corrected chi connectivity index (χ3v) is 3.18. The van der Waals surface area contributed by atoms with Crippen LogP contribution in [0.15, 0.2) is 12.1 Å². The maximum absolute atomic E-state index is 6.29. The molecule has 90 valence electrons. The van der Waals surface area contributed by atoms with E-state index in [0.717, 1.165) is 11.3 Å². The Morgan fingerprint density at radius 1 is 1.19 bits per heavy atom. The number of ether oxygens (including phenoxy) is 1. The number of benzene rings is 1. The molecule has 2 nitrogen and oxygen atoms in total. The van der Waals surface area contributed by atoms with E-state index < -0.39 is 0 Å². The summed E-state index contributed by atoms with van der Waals surface area (Å²) >= 11 is 0. The Balaban J connectivity index is 3.30. The molecule has 0 spiro atoms. The summed E-state index contributed by atoms with van der Waals surface area (Å²) in [5.41, 5.74) is 9.84. The third-order valence-electron chi connectivity index (χ3n) is 3.18. The molecule has 0 aliphatic heterocycles. The van der Waals surface area contributed by atoms with E-state index in [0.29, 0.717) is 0 Å². The topological polar surface area (TPSA) is 35.2 Å². The van der Waals surface area contributed by atoms with Crippen molar-refractivity contribution in [1.29, 1.82) is 0 Å².